The van der Waals surface area contributed by atoms with Crippen LogP contribution < -0.4 is 4.72 Å². The van der Waals surface area contributed by atoms with Gasteiger partial charge in [-0.05, 0) is 54.4 Å². The summed E-state index contributed by atoms with van der Waals surface area (Å²) in [5.41, 5.74) is 3.70. The lowest BCUT2D eigenvalue weighted by atomic mass is 10.2. The summed E-state index contributed by atoms with van der Waals surface area (Å²) in [6, 6.07) is 5.17. The highest BCUT2D eigenvalue weighted by Gasteiger charge is 2.19. The molecular formula is C14H18BrN3O2S. The molecule has 1 N–H and O–H groups in total. The molecule has 7 heteroatoms. The van der Waals surface area contributed by atoms with Crippen LogP contribution in [0.15, 0.2) is 27.6 Å². The quantitative estimate of drug-likeness (QED) is 0.897. The highest BCUT2D eigenvalue weighted by atomic mass is 79.9. The third-order valence-electron chi connectivity index (χ3n) is 3.47. The summed E-state index contributed by atoms with van der Waals surface area (Å²) < 4.78 is 29.7. The van der Waals surface area contributed by atoms with Gasteiger partial charge in [0.05, 0.1) is 10.6 Å². The van der Waals surface area contributed by atoms with Crippen LogP contribution >= 0.6 is 15.9 Å². The standard InChI is InChI=1S/C14H18BrN3O2S/c1-9-5-6-14(13(15)7-9)21(19,20)16-8-12-10(2)17-18(4)11(12)3/h5-7,16H,8H2,1-4H3. The van der Waals surface area contributed by atoms with Gasteiger partial charge in [0.2, 0.25) is 10.0 Å². The van der Waals surface area contributed by atoms with E-state index in [1.165, 1.54) is 0 Å². The van der Waals surface area contributed by atoms with Gasteiger partial charge >= 0.3 is 0 Å². The van der Waals surface area contributed by atoms with Gasteiger partial charge in [0.1, 0.15) is 0 Å². The van der Waals surface area contributed by atoms with Crippen molar-refractivity contribution in [1.82, 2.24) is 14.5 Å². The summed E-state index contributed by atoms with van der Waals surface area (Å²) in [4.78, 5) is 0.243. The number of aryl methyl sites for hydroxylation is 3. The van der Waals surface area contributed by atoms with Crippen LogP contribution in [0.1, 0.15) is 22.5 Å². The Labute approximate surface area is 133 Å². The monoisotopic (exact) mass is 371 g/mol. The second kappa shape index (κ2) is 5.90. The molecule has 0 amide bonds. The summed E-state index contributed by atoms with van der Waals surface area (Å²) in [5, 5.41) is 4.29. The molecule has 1 aromatic heterocycles. The van der Waals surface area contributed by atoms with E-state index in [1.807, 2.05) is 27.8 Å². The van der Waals surface area contributed by atoms with Crippen LogP contribution in [0.3, 0.4) is 0 Å². The number of aromatic nitrogens is 2. The third-order valence-corrected chi connectivity index (χ3v) is 5.85. The van der Waals surface area contributed by atoms with E-state index >= 15 is 0 Å². The molecule has 0 saturated carbocycles. The van der Waals surface area contributed by atoms with Crippen molar-refractivity contribution in [2.24, 2.45) is 7.05 Å². The van der Waals surface area contributed by atoms with E-state index in [1.54, 1.807) is 22.9 Å². The summed E-state index contributed by atoms with van der Waals surface area (Å²) in [5.74, 6) is 0. The fourth-order valence-corrected chi connectivity index (χ4v) is 4.33. The molecule has 21 heavy (non-hydrogen) atoms. The van der Waals surface area contributed by atoms with E-state index in [4.69, 9.17) is 0 Å². The third kappa shape index (κ3) is 3.36. The zero-order valence-electron chi connectivity index (χ0n) is 12.4. The molecule has 2 rings (SSSR count). The normalized spacial score (nSPS) is 11.9. The highest BCUT2D eigenvalue weighted by Crippen LogP contribution is 2.23. The Hall–Kier alpha value is -1.18. The Morgan fingerprint density at radius 2 is 1.95 bits per heavy atom. The van der Waals surface area contributed by atoms with Gasteiger partial charge in [0, 0.05) is 29.3 Å². The van der Waals surface area contributed by atoms with Crippen molar-refractivity contribution < 1.29 is 8.42 Å². The van der Waals surface area contributed by atoms with Gasteiger partial charge in [0.15, 0.2) is 0 Å². The first-order chi connectivity index (χ1) is 9.72. The summed E-state index contributed by atoms with van der Waals surface area (Å²) in [6.45, 7) is 5.94. The maximum Gasteiger partial charge on any atom is 0.241 e. The molecular weight excluding hydrogens is 354 g/mol. The lowest BCUT2D eigenvalue weighted by Crippen LogP contribution is -2.24. The Morgan fingerprint density at radius 3 is 2.48 bits per heavy atom. The maximum absolute atomic E-state index is 12.4. The number of sulfonamides is 1. The molecule has 1 heterocycles. The van der Waals surface area contributed by atoms with Crippen molar-refractivity contribution in [3.8, 4) is 0 Å². The molecule has 0 unspecified atom stereocenters. The Bertz CT molecular complexity index is 782. The molecule has 0 bridgehead atoms. The van der Waals surface area contributed by atoms with Crippen LogP contribution in [0.5, 0.6) is 0 Å². The van der Waals surface area contributed by atoms with Crippen LogP contribution in [0.2, 0.25) is 0 Å². The van der Waals surface area contributed by atoms with Gasteiger partial charge in [-0.15, -0.1) is 0 Å². The molecule has 0 saturated heterocycles. The minimum Gasteiger partial charge on any atom is -0.272 e. The summed E-state index contributed by atoms with van der Waals surface area (Å²) in [6.07, 6.45) is 0. The van der Waals surface area contributed by atoms with E-state index in [2.05, 4.69) is 25.8 Å². The second-order valence-electron chi connectivity index (χ2n) is 5.03. The van der Waals surface area contributed by atoms with Gasteiger partial charge in [-0.25, -0.2) is 13.1 Å². The first-order valence-corrected chi connectivity index (χ1v) is 8.75. The van der Waals surface area contributed by atoms with Gasteiger partial charge in [-0.2, -0.15) is 5.10 Å². The predicted octanol–water partition coefficient (Wildman–Crippen LogP) is 2.59. The number of rotatable bonds is 4. The molecule has 1 aromatic carbocycles. The molecule has 0 radical (unpaired) electrons. The highest BCUT2D eigenvalue weighted by molar-refractivity contribution is 9.10. The van der Waals surface area contributed by atoms with Crippen LogP contribution in [-0.2, 0) is 23.6 Å². The lowest BCUT2D eigenvalue weighted by Gasteiger charge is -2.09. The minimum atomic E-state index is -3.56. The number of halogens is 1. The van der Waals surface area contributed by atoms with Crippen molar-refractivity contribution in [2.75, 3.05) is 0 Å². The lowest BCUT2D eigenvalue weighted by molar-refractivity contribution is 0.580. The zero-order chi connectivity index (χ0) is 15.8. The second-order valence-corrected chi connectivity index (χ2v) is 7.62. The van der Waals surface area contributed by atoms with Crippen molar-refractivity contribution in [3.63, 3.8) is 0 Å². The van der Waals surface area contributed by atoms with Crippen molar-refractivity contribution in [1.29, 1.82) is 0 Å². The van der Waals surface area contributed by atoms with Crippen molar-refractivity contribution in [3.05, 3.63) is 45.2 Å². The average Bonchev–Trinajstić information content (AvgIpc) is 2.60. The fraction of sp³-hybridized carbons (Fsp3) is 0.357. The molecule has 0 fully saturated rings. The zero-order valence-corrected chi connectivity index (χ0v) is 14.8. The Morgan fingerprint density at radius 1 is 1.29 bits per heavy atom. The number of nitrogens with zero attached hydrogens (tertiary/aromatic N) is 2. The van der Waals surface area contributed by atoms with Gasteiger partial charge in [-0.3, -0.25) is 4.68 Å². The average molecular weight is 372 g/mol. The van der Waals surface area contributed by atoms with Crippen LogP contribution in [-0.4, -0.2) is 18.2 Å². The van der Waals surface area contributed by atoms with Crippen LogP contribution in [0.4, 0.5) is 0 Å². The molecule has 114 valence electrons. The maximum atomic E-state index is 12.4. The van der Waals surface area contributed by atoms with E-state index in [0.29, 0.717) is 4.47 Å². The number of benzene rings is 1. The van der Waals surface area contributed by atoms with Gasteiger partial charge < -0.3 is 0 Å². The number of nitrogens with one attached hydrogen (secondary N) is 1. The van der Waals surface area contributed by atoms with Crippen molar-refractivity contribution >= 4 is 26.0 Å². The van der Waals surface area contributed by atoms with E-state index in [9.17, 15) is 8.42 Å². The van der Waals surface area contributed by atoms with Crippen LogP contribution in [0.25, 0.3) is 0 Å². The largest absolute Gasteiger partial charge is 0.272 e. The smallest absolute Gasteiger partial charge is 0.241 e. The Kier molecular flexibility index (Phi) is 4.55. The number of hydrogen-bond acceptors (Lipinski definition) is 3. The van der Waals surface area contributed by atoms with Crippen LogP contribution in [0, 0.1) is 20.8 Å². The topological polar surface area (TPSA) is 64.0 Å². The molecule has 2 aromatic rings. The molecule has 5 nitrogen and oxygen atoms in total. The SMILES string of the molecule is Cc1ccc(S(=O)(=O)NCc2c(C)nn(C)c2C)c(Br)c1. The minimum absolute atomic E-state index is 0.230. The van der Waals surface area contributed by atoms with E-state index < -0.39 is 10.0 Å². The van der Waals surface area contributed by atoms with Crippen molar-refractivity contribution in [2.45, 2.75) is 32.2 Å². The molecule has 0 aliphatic heterocycles. The Balaban J connectivity index is 2.26. The number of hydrogen-bond donors (Lipinski definition) is 1. The van der Waals surface area contributed by atoms with Gasteiger partial charge in [-0.1, -0.05) is 6.07 Å². The molecule has 0 atom stereocenters. The first kappa shape index (κ1) is 16.2. The van der Waals surface area contributed by atoms with Gasteiger partial charge in [0.25, 0.3) is 0 Å². The predicted molar refractivity (Wildman–Crippen MR) is 85.6 cm³/mol. The van der Waals surface area contributed by atoms with E-state index in [-0.39, 0.29) is 11.4 Å². The fourth-order valence-electron chi connectivity index (χ4n) is 2.14. The first-order valence-electron chi connectivity index (χ1n) is 6.47. The molecule has 0 aliphatic rings. The summed E-state index contributed by atoms with van der Waals surface area (Å²) >= 11 is 3.31. The summed E-state index contributed by atoms with van der Waals surface area (Å²) in [7, 11) is -1.72. The molecule has 0 aliphatic carbocycles. The van der Waals surface area contributed by atoms with E-state index in [0.717, 1.165) is 22.5 Å². The molecule has 0 spiro atoms.